The molecule has 5 aromatic rings. The molecular formula is C24H16F2N4O2. The number of anilines is 2. The van der Waals surface area contributed by atoms with Gasteiger partial charge in [0, 0.05) is 41.9 Å². The van der Waals surface area contributed by atoms with E-state index in [-0.39, 0.29) is 11.4 Å². The Morgan fingerprint density at radius 3 is 1.56 bits per heavy atom. The number of carbonyl (C=O) groups is 2. The molecule has 4 heterocycles. The van der Waals surface area contributed by atoms with Crippen molar-refractivity contribution in [1.82, 2.24) is 8.80 Å². The van der Waals surface area contributed by atoms with Crippen molar-refractivity contribution in [3.8, 4) is 0 Å². The van der Waals surface area contributed by atoms with Gasteiger partial charge in [-0.25, -0.2) is 8.78 Å². The molecule has 0 saturated heterocycles. The molecule has 0 fully saturated rings. The lowest BCUT2D eigenvalue weighted by molar-refractivity contribution is 0.101. The topological polar surface area (TPSA) is 67.0 Å². The molecule has 0 atom stereocenters. The lowest BCUT2D eigenvalue weighted by atomic mass is 10.2. The number of hydrogen-bond acceptors (Lipinski definition) is 2. The molecule has 0 unspecified atom stereocenters. The van der Waals surface area contributed by atoms with E-state index in [1.165, 1.54) is 0 Å². The number of benzene rings is 1. The first-order valence-electron chi connectivity index (χ1n) is 9.73. The van der Waals surface area contributed by atoms with Gasteiger partial charge < -0.3 is 19.4 Å². The minimum Gasteiger partial charge on any atom is -0.323 e. The lowest BCUT2D eigenvalue weighted by Gasteiger charge is -2.10. The smallest absolute Gasteiger partial charge is 0.257 e. The second-order valence-corrected chi connectivity index (χ2v) is 7.24. The number of carbonyl (C=O) groups excluding carboxylic acids is 2. The van der Waals surface area contributed by atoms with Crippen LogP contribution in [-0.4, -0.2) is 20.6 Å². The van der Waals surface area contributed by atoms with Crippen LogP contribution in [0.5, 0.6) is 0 Å². The summed E-state index contributed by atoms with van der Waals surface area (Å²) < 4.78 is 32.2. The number of nitrogens with zero attached hydrogens (tertiary/aromatic N) is 2. The highest BCUT2D eigenvalue weighted by molar-refractivity contribution is 6.07. The Morgan fingerprint density at radius 2 is 1.12 bits per heavy atom. The largest absolute Gasteiger partial charge is 0.323 e. The predicted octanol–water partition coefficient (Wildman–Crippen LogP) is 4.97. The number of nitrogens with one attached hydrogen (secondary N) is 2. The summed E-state index contributed by atoms with van der Waals surface area (Å²) in [7, 11) is 0. The van der Waals surface area contributed by atoms with E-state index in [0.717, 1.165) is 17.1 Å². The van der Waals surface area contributed by atoms with Gasteiger partial charge >= 0.3 is 0 Å². The second kappa shape index (κ2) is 7.66. The van der Waals surface area contributed by atoms with Gasteiger partial charge in [0.05, 0.1) is 22.5 Å². The van der Waals surface area contributed by atoms with Gasteiger partial charge in [-0.2, -0.15) is 0 Å². The molecule has 0 radical (unpaired) electrons. The molecule has 1 aromatic carbocycles. The summed E-state index contributed by atoms with van der Waals surface area (Å²) in [6, 6.07) is 15.9. The highest BCUT2D eigenvalue weighted by Crippen LogP contribution is 2.25. The third-order valence-corrected chi connectivity index (χ3v) is 5.09. The molecule has 6 nitrogen and oxygen atoms in total. The average molecular weight is 430 g/mol. The summed E-state index contributed by atoms with van der Waals surface area (Å²) in [5.41, 5.74) is 1.72. The molecule has 4 aromatic heterocycles. The molecule has 32 heavy (non-hydrogen) atoms. The first-order valence-corrected chi connectivity index (χ1v) is 9.73. The van der Waals surface area contributed by atoms with E-state index < -0.39 is 23.4 Å². The minimum absolute atomic E-state index is 0.246. The number of halogens is 2. The van der Waals surface area contributed by atoms with Crippen LogP contribution in [0.2, 0.25) is 0 Å². The van der Waals surface area contributed by atoms with Crippen molar-refractivity contribution in [2.45, 2.75) is 0 Å². The molecule has 0 aliphatic heterocycles. The van der Waals surface area contributed by atoms with Crippen LogP contribution in [0.3, 0.4) is 0 Å². The van der Waals surface area contributed by atoms with E-state index >= 15 is 0 Å². The van der Waals surface area contributed by atoms with Crippen LogP contribution < -0.4 is 10.6 Å². The number of rotatable bonds is 4. The molecule has 2 amide bonds. The Balaban J connectivity index is 1.39. The van der Waals surface area contributed by atoms with Crippen LogP contribution in [0.15, 0.2) is 85.5 Å². The van der Waals surface area contributed by atoms with Crippen LogP contribution >= 0.6 is 0 Å². The van der Waals surface area contributed by atoms with Gasteiger partial charge in [-0.15, -0.1) is 0 Å². The zero-order valence-corrected chi connectivity index (χ0v) is 16.5. The fourth-order valence-electron chi connectivity index (χ4n) is 3.49. The Hall–Kier alpha value is -4.46. The summed E-state index contributed by atoms with van der Waals surface area (Å²) >= 11 is 0. The summed E-state index contributed by atoms with van der Waals surface area (Å²) in [5.74, 6) is -3.02. The monoisotopic (exact) mass is 430 g/mol. The number of fused-ring (bicyclic) bond motifs is 2. The zero-order valence-electron chi connectivity index (χ0n) is 16.5. The maximum absolute atomic E-state index is 14.3. The maximum Gasteiger partial charge on any atom is 0.257 e. The lowest BCUT2D eigenvalue weighted by Crippen LogP contribution is -2.15. The van der Waals surface area contributed by atoms with Crippen molar-refractivity contribution < 1.29 is 18.4 Å². The van der Waals surface area contributed by atoms with Gasteiger partial charge in [-0.3, -0.25) is 9.59 Å². The van der Waals surface area contributed by atoms with E-state index in [1.807, 2.05) is 36.4 Å². The van der Waals surface area contributed by atoms with E-state index in [9.17, 15) is 18.4 Å². The van der Waals surface area contributed by atoms with E-state index in [4.69, 9.17) is 0 Å². The number of pyridine rings is 2. The van der Waals surface area contributed by atoms with Crippen molar-refractivity contribution in [1.29, 1.82) is 0 Å². The Bertz CT molecular complexity index is 1330. The molecule has 8 heteroatoms. The molecule has 0 saturated carbocycles. The van der Waals surface area contributed by atoms with E-state index in [1.54, 1.807) is 45.7 Å². The number of hydrogen-bond donors (Lipinski definition) is 2. The van der Waals surface area contributed by atoms with Gasteiger partial charge in [0.25, 0.3) is 11.8 Å². The fraction of sp³-hybridized carbons (Fsp3) is 0. The molecule has 0 bridgehead atoms. The van der Waals surface area contributed by atoms with Crippen molar-refractivity contribution in [3.63, 3.8) is 0 Å². The SMILES string of the molecule is O=C(Nc1cc(NC(=O)c2cc3ccccn3c2)c(F)cc1F)c1cc2ccccn2c1. The summed E-state index contributed by atoms with van der Waals surface area (Å²) in [6.45, 7) is 0. The van der Waals surface area contributed by atoms with Crippen molar-refractivity contribution in [3.05, 3.63) is 108 Å². The van der Waals surface area contributed by atoms with Gasteiger partial charge in [0.15, 0.2) is 0 Å². The normalized spacial score (nSPS) is 11.1. The Morgan fingerprint density at radius 1 is 0.656 bits per heavy atom. The standard InChI is InChI=1S/C24H16F2N4O2/c25-19-11-20(26)22(28-24(32)16-10-18-6-2-4-8-30(18)14-16)12-21(19)27-23(31)15-9-17-5-1-3-7-29(17)13-15/h1-14H,(H,27,31)(H,28,32). The Labute approximate surface area is 180 Å². The van der Waals surface area contributed by atoms with E-state index in [2.05, 4.69) is 10.6 Å². The summed E-state index contributed by atoms with van der Waals surface area (Å²) in [4.78, 5) is 25.2. The first kappa shape index (κ1) is 19.5. The highest BCUT2D eigenvalue weighted by atomic mass is 19.1. The van der Waals surface area contributed by atoms with Crippen molar-refractivity contribution in [2.24, 2.45) is 0 Å². The van der Waals surface area contributed by atoms with Gasteiger partial charge in [0.1, 0.15) is 11.6 Å². The van der Waals surface area contributed by atoms with Crippen molar-refractivity contribution >= 4 is 34.2 Å². The molecule has 2 N–H and O–H groups in total. The van der Waals surface area contributed by atoms with Gasteiger partial charge in [-0.1, -0.05) is 12.1 Å². The molecule has 0 aliphatic rings. The molecule has 5 rings (SSSR count). The second-order valence-electron chi connectivity index (χ2n) is 7.24. The van der Waals surface area contributed by atoms with Crippen LogP contribution in [0.4, 0.5) is 20.2 Å². The van der Waals surface area contributed by atoms with Crippen LogP contribution in [-0.2, 0) is 0 Å². The van der Waals surface area contributed by atoms with Gasteiger partial charge in [-0.05, 0) is 42.5 Å². The predicted molar refractivity (Wildman–Crippen MR) is 117 cm³/mol. The average Bonchev–Trinajstić information content (AvgIpc) is 3.41. The quantitative estimate of drug-likeness (QED) is 0.423. The number of aromatic nitrogens is 2. The van der Waals surface area contributed by atoms with Crippen LogP contribution in [0.1, 0.15) is 20.7 Å². The highest BCUT2D eigenvalue weighted by Gasteiger charge is 2.17. The molecule has 0 aliphatic carbocycles. The van der Waals surface area contributed by atoms with Crippen LogP contribution in [0, 0.1) is 11.6 Å². The third kappa shape index (κ3) is 3.58. The summed E-state index contributed by atoms with van der Waals surface area (Å²) in [6.07, 6.45) is 6.77. The zero-order chi connectivity index (χ0) is 22.2. The molecule has 158 valence electrons. The Kier molecular flexibility index (Phi) is 4.67. The first-order chi connectivity index (χ1) is 15.5. The third-order valence-electron chi connectivity index (χ3n) is 5.09. The van der Waals surface area contributed by atoms with Crippen molar-refractivity contribution in [2.75, 3.05) is 10.6 Å². The summed E-state index contributed by atoms with van der Waals surface area (Å²) in [5, 5.41) is 4.88. The molecular weight excluding hydrogens is 414 g/mol. The van der Waals surface area contributed by atoms with Crippen LogP contribution in [0.25, 0.3) is 11.0 Å². The van der Waals surface area contributed by atoms with E-state index in [0.29, 0.717) is 17.2 Å². The molecule has 0 spiro atoms. The number of amides is 2. The van der Waals surface area contributed by atoms with Gasteiger partial charge in [0.2, 0.25) is 0 Å². The fourth-order valence-corrected chi connectivity index (χ4v) is 3.49. The minimum atomic E-state index is -0.952. The maximum atomic E-state index is 14.3.